The van der Waals surface area contributed by atoms with Crippen molar-refractivity contribution < 1.29 is 18.7 Å². The third-order valence-corrected chi connectivity index (χ3v) is 3.98. The van der Waals surface area contributed by atoms with Gasteiger partial charge in [0, 0.05) is 20.0 Å². The lowest BCUT2D eigenvalue weighted by Crippen LogP contribution is -2.39. The fourth-order valence-corrected chi connectivity index (χ4v) is 2.56. The van der Waals surface area contributed by atoms with Crippen molar-refractivity contribution >= 4 is 11.8 Å². The van der Waals surface area contributed by atoms with E-state index in [1.54, 1.807) is 19.2 Å². The first kappa shape index (κ1) is 19.4. The van der Waals surface area contributed by atoms with Crippen molar-refractivity contribution in [1.29, 1.82) is 0 Å². The van der Waals surface area contributed by atoms with Crippen molar-refractivity contribution in [3.8, 4) is 5.75 Å². The molecule has 138 valence electrons. The maximum Gasteiger partial charge on any atom is 0.239 e. The molecular formula is C20H23FN2O3. The SMILES string of the molecule is COc1ccccc1CCNC(=O)CN(Cc1ccc(F)cc1)C(C)=O. The third kappa shape index (κ3) is 5.88. The molecule has 0 heterocycles. The van der Waals surface area contributed by atoms with Crippen molar-refractivity contribution in [2.75, 3.05) is 20.2 Å². The van der Waals surface area contributed by atoms with Crippen LogP contribution < -0.4 is 10.1 Å². The Kier molecular flexibility index (Phi) is 7.14. The molecule has 1 N–H and O–H groups in total. The molecule has 0 spiro atoms. The first-order chi connectivity index (χ1) is 12.5. The smallest absolute Gasteiger partial charge is 0.239 e. The van der Waals surface area contributed by atoms with Crippen LogP contribution in [-0.4, -0.2) is 36.9 Å². The Morgan fingerprint density at radius 2 is 1.81 bits per heavy atom. The number of halogens is 1. The van der Waals surface area contributed by atoms with Crippen LogP contribution in [0.15, 0.2) is 48.5 Å². The number of carbonyl (C=O) groups excluding carboxylic acids is 2. The lowest BCUT2D eigenvalue weighted by molar-refractivity contribution is -0.134. The number of carbonyl (C=O) groups is 2. The van der Waals surface area contributed by atoms with Gasteiger partial charge in [-0.15, -0.1) is 0 Å². The van der Waals surface area contributed by atoms with Crippen LogP contribution in [0.2, 0.25) is 0 Å². The summed E-state index contributed by atoms with van der Waals surface area (Å²) < 4.78 is 18.3. The van der Waals surface area contributed by atoms with Gasteiger partial charge in [-0.3, -0.25) is 9.59 Å². The molecule has 2 rings (SSSR count). The van der Waals surface area contributed by atoms with Gasteiger partial charge in [-0.05, 0) is 35.7 Å². The second-order valence-corrected chi connectivity index (χ2v) is 5.91. The lowest BCUT2D eigenvalue weighted by atomic mass is 10.1. The number of nitrogens with zero attached hydrogens (tertiary/aromatic N) is 1. The summed E-state index contributed by atoms with van der Waals surface area (Å²) in [7, 11) is 1.61. The molecule has 0 bridgehead atoms. The number of hydrogen-bond donors (Lipinski definition) is 1. The highest BCUT2D eigenvalue weighted by atomic mass is 19.1. The van der Waals surface area contributed by atoms with Crippen LogP contribution in [-0.2, 0) is 22.6 Å². The maximum absolute atomic E-state index is 13.0. The van der Waals surface area contributed by atoms with Crippen molar-refractivity contribution in [3.63, 3.8) is 0 Å². The molecule has 6 heteroatoms. The first-order valence-corrected chi connectivity index (χ1v) is 8.38. The van der Waals surface area contributed by atoms with E-state index in [1.807, 2.05) is 24.3 Å². The molecule has 2 aromatic rings. The predicted molar refractivity (Wildman–Crippen MR) is 97.2 cm³/mol. The number of methoxy groups -OCH3 is 1. The Morgan fingerprint density at radius 1 is 1.12 bits per heavy atom. The molecule has 0 aliphatic rings. The third-order valence-electron chi connectivity index (χ3n) is 3.98. The Bertz CT molecular complexity index is 747. The molecule has 0 aliphatic heterocycles. The zero-order chi connectivity index (χ0) is 18.9. The predicted octanol–water partition coefficient (Wildman–Crippen LogP) is 2.54. The zero-order valence-corrected chi connectivity index (χ0v) is 15.0. The minimum atomic E-state index is -0.336. The van der Waals surface area contributed by atoms with Crippen molar-refractivity contribution in [2.45, 2.75) is 19.9 Å². The molecule has 0 fully saturated rings. The second kappa shape index (κ2) is 9.56. The summed E-state index contributed by atoms with van der Waals surface area (Å²) in [5.74, 6) is -0.00737. The summed E-state index contributed by atoms with van der Waals surface area (Å²) in [5, 5.41) is 2.81. The number of ether oxygens (including phenoxy) is 1. The number of amides is 2. The number of hydrogen-bond acceptors (Lipinski definition) is 3. The van der Waals surface area contributed by atoms with Gasteiger partial charge in [0.1, 0.15) is 11.6 Å². The Morgan fingerprint density at radius 3 is 2.46 bits per heavy atom. The average molecular weight is 358 g/mol. The summed E-state index contributed by atoms with van der Waals surface area (Å²) in [6.45, 7) is 2.07. The lowest BCUT2D eigenvalue weighted by Gasteiger charge is -2.20. The van der Waals surface area contributed by atoms with E-state index in [0.29, 0.717) is 13.0 Å². The quantitative estimate of drug-likeness (QED) is 0.789. The van der Waals surface area contributed by atoms with Crippen molar-refractivity contribution in [3.05, 3.63) is 65.5 Å². The van der Waals surface area contributed by atoms with E-state index in [9.17, 15) is 14.0 Å². The molecule has 0 atom stereocenters. The summed E-state index contributed by atoms with van der Waals surface area (Å²) in [4.78, 5) is 25.4. The van der Waals surface area contributed by atoms with Crippen LogP contribution in [0.5, 0.6) is 5.75 Å². The molecule has 0 radical (unpaired) electrons. The first-order valence-electron chi connectivity index (χ1n) is 8.38. The highest BCUT2D eigenvalue weighted by Crippen LogP contribution is 2.17. The molecule has 0 aromatic heterocycles. The second-order valence-electron chi connectivity index (χ2n) is 5.91. The Balaban J connectivity index is 1.85. The topological polar surface area (TPSA) is 58.6 Å². The molecule has 0 aliphatic carbocycles. The summed E-state index contributed by atoms with van der Waals surface area (Å²) in [5.41, 5.74) is 1.77. The number of para-hydroxylation sites is 1. The fourth-order valence-electron chi connectivity index (χ4n) is 2.56. The van der Waals surface area contributed by atoms with E-state index in [4.69, 9.17) is 4.74 Å². The largest absolute Gasteiger partial charge is 0.496 e. The van der Waals surface area contributed by atoms with Gasteiger partial charge in [0.25, 0.3) is 0 Å². The van der Waals surface area contributed by atoms with Crippen LogP contribution in [0.4, 0.5) is 4.39 Å². The van der Waals surface area contributed by atoms with Gasteiger partial charge in [0.15, 0.2) is 0 Å². The summed E-state index contributed by atoms with van der Waals surface area (Å²) in [6.07, 6.45) is 0.633. The summed E-state index contributed by atoms with van der Waals surface area (Å²) in [6, 6.07) is 13.5. The van der Waals surface area contributed by atoms with Crippen molar-refractivity contribution in [1.82, 2.24) is 10.2 Å². The van der Waals surface area contributed by atoms with Gasteiger partial charge in [-0.2, -0.15) is 0 Å². The van der Waals surface area contributed by atoms with E-state index in [-0.39, 0.29) is 30.7 Å². The summed E-state index contributed by atoms with van der Waals surface area (Å²) >= 11 is 0. The van der Waals surface area contributed by atoms with E-state index in [0.717, 1.165) is 16.9 Å². The van der Waals surface area contributed by atoms with Crippen LogP contribution >= 0.6 is 0 Å². The highest BCUT2D eigenvalue weighted by Gasteiger charge is 2.14. The number of rotatable bonds is 8. The molecule has 0 unspecified atom stereocenters. The molecular weight excluding hydrogens is 335 g/mol. The zero-order valence-electron chi connectivity index (χ0n) is 15.0. The number of nitrogens with one attached hydrogen (secondary N) is 1. The van der Waals surface area contributed by atoms with Crippen LogP contribution in [0.25, 0.3) is 0 Å². The van der Waals surface area contributed by atoms with E-state index in [1.165, 1.54) is 24.0 Å². The fraction of sp³-hybridized carbons (Fsp3) is 0.300. The molecule has 26 heavy (non-hydrogen) atoms. The van der Waals surface area contributed by atoms with Crippen LogP contribution in [0, 0.1) is 5.82 Å². The normalized spacial score (nSPS) is 10.3. The minimum Gasteiger partial charge on any atom is -0.496 e. The monoisotopic (exact) mass is 358 g/mol. The van der Waals surface area contributed by atoms with Gasteiger partial charge in [0.05, 0.1) is 13.7 Å². The standard InChI is InChI=1S/C20H23FN2O3/c1-15(24)23(13-16-7-9-18(21)10-8-16)14-20(25)22-12-11-17-5-3-4-6-19(17)26-2/h3-10H,11-14H2,1-2H3,(H,22,25). The average Bonchev–Trinajstić information content (AvgIpc) is 2.63. The molecule has 2 aromatic carbocycles. The van der Waals surface area contributed by atoms with Crippen LogP contribution in [0.3, 0.4) is 0 Å². The Hall–Kier alpha value is -2.89. The van der Waals surface area contributed by atoms with Gasteiger partial charge >= 0.3 is 0 Å². The molecule has 2 amide bonds. The van der Waals surface area contributed by atoms with E-state index in [2.05, 4.69) is 5.32 Å². The van der Waals surface area contributed by atoms with Crippen molar-refractivity contribution in [2.24, 2.45) is 0 Å². The van der Waals surface area contributed by atoms with Crippen LogP contribution in [0.1, 0.15) is 18.1 Å². The molecule has 0 saturated carbocycles. The highest BCUT2D eigenvalue weighted by molar-refractivity contribution is 5.83. The van der Waals surface area contributed by atoms with E-state index >= 15 is 0 Å². The van der Waals surface area contributed by atoms with Gasteiger partial charge in [-0.25, -0.2) is 4.39 Å². The van der Waals surface area contributed by atoms with Gasteiger partial charge in [-0.1, -0.05) is 30.3 Å². The minimum absolute atomic E-state index is 0.0430. The Labute approximate surface area is 152 Å². The van der Waals surface area contributed by atoms with E-state index < -0.39 is 0 Å². The number of benzene rings is 2. The van der Waals surface area contributed by atoms with Gasteiger partial charge < -0.3 is 15.0 Å². The molecule has 5 nitrogen and oxygen atoms in total. The molecule has 0 saturated heterocycles. The van der Waals surface area contributed by atoms with Gasteiger partial charge in [0.2, 0.25) is 11.8 Å². The maximum atomic E-state index is 13.0.